The van der Waals surface area contributed by atoms with Gasteiger partial charge in [-0.25, -0.2) is 4.79 Å². The Morgan fingerprint density at radius 3 is 2.57 bits per heavy atom. The zero-order valence-corrected chi connectivity index (χ0v) is 12.1. The lowest BCUT2D eigenvalue weighted by atomic mass is 9.93. The molecule has 2 rings (SSSR count). The molecule has 0 atom stereocenters. The van der Waals surface area contributed by atoms with Crippen LogP contribution in [0.2, 0.25) is 0 Å². The first-order valence-corrected chi connectivity index (χ1v) is 7.33. The molecule has 0 spiro atoms. The van der Waals surface area contributed by atoms with Crippen LogP contribution >= 0.6 is 0 Å². The summed E-state index contributed by atoms with van der Waals surface area (Å²) in [5.74, 6) is -1.05. The van der Waals surface area contributed by atoms with Gasteiger partial charge in [-0.3, -0.25) is 10.1 Å². The van der Waals surface area contributed by atoms with Crippen LogP contribution in [0.5, 0.6) is 0 Å². The molecule has 0 saturated heterocycles. The average Bonchev–Trinajstić information content (AvgIpc) is 2.48. The van der Waals surface area contributed by atoms with Crippen molar-refractivity contribution in [2.45, 2.75) is 45.1 Å². The predicted octanol–water partition coefficient (Wildman–Crippen LogP) is 3.45. The number of non-ortho nitro benzene ring substituents is 1. The van der Waals surface area contributed by atoms with E-state index in [1.807, 2.05) is 11.8 Å². The number of carboxylic acids is 1. The number of nitro groups is 1. The Bertz CT molecular complexity index is 538. The van der Waals surface area contributed by atoms with Crippen LogP contribution in [0.25, 0.3) is 0 Å². The SMILES string of the molecule is CCN(c1cc([N+](=O)[O-])ccc1C(=O)O)C1CCCCC1. The molecule has 6 heteroatoms. The lowest BCUT2D eigenvalue weighted by Crippen LogP contribution is -2.37. The van der Waals surface area contributed by atoms with Crippen LogP contribution in [0.4, 0.5) is 11.4 Å². The van der Waals surface area contributed by atoms with Gasteiger partial charge in [0.15, 0.2) is 0 Å². The van der Waals surface area contributed by atoms with E-state index < -0.39 is 10.9 Å². The fraction of sp³-hybridized carbons (Fsp3) is 0.533. The van der Waals surface area contributed by atoms with Gasteiger partial charge in [0.1, 0.15) is 0 Å². The maximum absolute atomic E-state index is 11.4. The molecular weight excluding hydrogens is 272 g/mol. The second-order valence-electron chi connectivity index (χ2n) is 5.34. The van der Waals surface area contributed by atoms with Crippen LogP contribution in [0, 0.1) is 10.1 Å². The Morgan fingerprint density at radius 2 is 2.05 bits per heavy atom. The number of rotatable bonds is 5. The number of benzene rings is 1. The van der Waals surface area contributed by atoms with Crippen LogP contribution in [-0.4, -0.2) is 28.6 Å². The molecule has 0 heterocycles. The number of carboxylic acid groups (broad SMARTS) is 1. The van der Waals surface area contributed by atoms with Gasteiger partial charge in [-0.05, 0) is 25.8 Å². The first-order valence-electron chi connectivity index (χ1n) is 7.33. The third kappa shape index (κ3) is 3.32. The van der Waals surface area contributed by atoms with Crippen LogP contribution in [-0.2, 0) is 0 Å². The summed E-state index contributed by atoms with van der Waals surface area (Å²) in [6, 6.07) is 4.24. The molecule has 21 heavy (non-hydrogen) atoms. The Kier molecular flexibility index (Phi) is 4.77. The molecule has 1 aromatic rings. The fourth-order valence-electron chi connectivity index (χ4n) is 3.07. The molecule has 0 amide bonds. The number of nitro benzene ring substituents is 1. The van der Waals surface area contributed by atoms with Crippen LogP contribution in [0.3, 0.4) is 0 Å². The highest BCUT2D eigenvalue weighted by molar-refractivity contribution is 5.95. The number of anilines is 1. The largest absolute Gasteiger partial charge is 0.478 e. The fourth-order valence-corrected chi connectivity index (χ4v) is 3.07. The van der Waals surface area contributed by atoms with Crippen molar-refractivity contribution in [1.29, 1.82) is 0 Å². The normalized spacial score (nSPS) is 15.7. The molecule has 1 fully saturated rings. The molecule has 0 radical (unpaired) electrons. The Labute approximate surface area is 123 Å². The molecule has 1 saturated carbocycles. The second kappa shape index (κ2) is 6.56. The minimum Gasteiger partial charge on any atom is -0.478 e. The molecule has 1 aliphatic carbocycles. The molecule has 0 aromatic heterocycles. The maximum atomic E-state index is 11.4. The molecule has 0 aliphatic heterocycles. The van der Waals surface area contributed by atoms with E-state index >= 15 is 0 Å². The van der Waals surface area contributed by atoms with Gasteiger partial charge in [0.2, 0.25) is 0 Å². The van der Waals surface area contributed by atoms with Crippen LogP contribution in [0.15, 0.2) is 18.2 Å². The summed E-state index contributed by atoms with van der Waals surface area (Å²) in [6.07, 6.45) is 5.47. The summed E-state index contributed by atoms with van der Waals surface area (Å²) in [7, 11) is 0. The van der Waals surface area contributed by atoms with Crippen LogP contribution < -0.4 is 4.90 Å². The van der Waals surface area contributed by atoms with Crippen molar-refractivity contribution < 1.29 is 14.8 Å². The third-order valence-electron chi connectivity index (χ3n) is 4.09. The molecular formula is C15H20N2O4. The van der Waals surface area contributed by atoms with Gasteiger partial charge in [0.25, 0.3) is 5.69 Å². The predicted molar refractivity (Wildman–Crippen MR) is 79.9 cm³/mol. The maximum Gasteiger partial charge on any atom is 0.337 e. The highest BCUT2D eigenvalue weighted by Crippen LogP contribution is 2.32. The highest BCUT2D eigenvalue weighted by atomic mass is 16.6. The Morgan fingerprint density at radius 1 is 1.38 bits per heavy atom. The first kappa shape index (κ1) is 15.3. The van der Waals surface area contributed by atoms with Crippen molar-refractivity contribution in [2.75, 3.05) is 11.4 Å². The summed E-state index contributed by atoms with van der Waals surface area (Å²) >= 11 is 0. The average molecular weight is 292 g/mol. The van der Waals surface area contributed by atoms with E-state index in [0.29, 0.717) is 12.2 Å². The standard InChI is InChI=1S/C15H20N2O4/c1-2-16(11-6-4-3-5-7-11)14-10-12(17(20)21)8-9-13(14)15(18)19/h8-11H,2-7H2,1H3,(H,18,19). The van der Waals surface area contributed by atoms with Gasteiger partial charge in [0.05, 0.1) is 16.2 Å². The zero-order valence-electron chi connectivity index (χ0n) is 12.1. The topological polar surface area (TPSA) is 83.7 Å². The zero-order chi connectivity index (χ0) is 15.4. The second-order valence-corrected chi connectivity index (χ2v) is 5.34. The first-order chi connectivity index (χ1) is 10.0. The smallest absolute Gasteiger partial charge is 0.337 e. The molecule has 114 valence electrons. The number of nitrogens with zero attached hydrogens (tertiary/aromatic N) is 2. The van der Waals surface area contributed by atoms with Gasteiger partial charge < -0.3 is 10.0 Å². The summed E-state index contributed by atoms with van der Waals surface area (Å²) in [5, 5.41) is 20.3. The monoisotopic (exact) mass is 292 g/mol. The molecule has 1 aromatic carbocycles. The van der Waals surface area contributed by atoms with E-state index in [1.165, 1.54) is 24.6 Å². The minimum absolute atomic E-state index is 0.0655. The minimum atomic E-state index is -1.05. The quantitative estimate of drug-likeness (QED) is 0.663. The summed E-state index contributed by atoms with van der Waals surface area (Å²) in [4.78, 5) is 23.9. The Hall–Kier alpha value is -2.11. The van der Waals surface area contributed by atoms with Crippen molar-refractivity contribution in [3.05, 3.63) is 33.9 Å². The van der Waals surface area contributed by atoms with E-state index in [1.54, 1.807) is 0 Å². The molecule has 1 aliphatic rings. The van der Waals surface area contributed by atoms with Crippen molar-refractivity contribution in [3.63, 3.8) is 0 Å². The van der Waals surface area contributed by atoms with Crippen molar-refractivity contribution in [1.82, 2.24) is 0 Å². The Balaban J connectivity index is 2.43. The third-order valence-corrected chi connectivity index (χ3v) is 4.09. The van der Waals surface area contributed by atoms with E-state index in [4.69, 9.17) is 0 Å². The summed E-state index contributed by atoms with van der Waals surface area (Å²) in [5.41, 5.74) is 0.531. The summed E-state index contributed by atoms with van der Waals surface area (Å²) < 4.78 is 0. The van der Waals surface area contributed by atoms with Gasteiger partial charge in [0, 0.05) is 24.7 Å². The number of aromatic carboxylic acids is 1. The van der Waals surface area contributed by atoms with Gasteiger partial charge in [-0.15, -0.1) is 0 Å². The number of hydrogen-bond acceptors (Lipinski definition) is 4. The van der Waals surface area contributed by atoms with Crippen molar-refractivity contribution >= 4 is 17.3 Å². The molecule has 0 bridgehead atoms. The van der Waals surface area contributed by atoms with Crippen molar-refractivity contribution in [2.24, 2.45) is 0 Å². The van der Waals surface area contributed by atoms with E-state index in [-0.39, 0.29) is 17.3 Å². The van der Waals surface area contributed by atoms with Crippen molar-refractivity contribution in [3.8, 4) is 0 Å². The van der Waals surface area contributed by atoms with E-state index in [2.05, 4.69) is 0 Å². The molecule has 1 N–H and O–H groups in total. The lowest BCUT2D eigenvalue weighted by molar-refractivity contribution is -0.384. The summed E-state index contributed by atoms with van der Waals surface area (Å²) in [6.45, 7) is 2.60. The number of carbonyl (C=O) groups is 1. The van der Waals surface area contributed by atoms with Gasteiger partial charge in [-0.1, -0.05) is 19.3 Å². The van der Waals surface area contributed by atoms with Gasteiger partial charge in [-0.2, -0.15) is 0 Å². The van der Waals surface area contributed by atoms with E-state index in [9.17, 15) is 20.0 Å². The molecule has 0 unspecified atom stereocenters. The lowest BCUT2D eigenvalue weighted by Gasteiger charge is -2.36. The highest BCUT2D eigenvalue weighted by Gasteiger charge is 2.25. The number of hydrogen-bond donors (Lipinski definition) is 1. The van der Waals surface area contributed by atoms with Crippen LogP contribution in [0.1, 0.15) is 49.4 Å². The van der Waals surface area contributed by atoms with Gasteiger partial charge >= 0.3 is 5.97 Å². The van der Waals surface area contributed by atoms with E-state index in [0.717, 1.165) is 25.7 Å². The molecule has 6 nitrogen and oxygen atoms in total.